The summed E-state index contributed by atoms with van der Waals surface area (Å²) in [6.07, 6.45) is 1.32. The van der Waals surface area contributed by atoms with E-state index in [0.717, 1.165) is 4.90 Å². The number of methoxy groups -OCH3 is 1. The van der Waals surface area contributed by atoms with E-state index >= 15 is 0 Å². The minimum absolute atomic E-state index is 0.0524. The first-order valence-corrected chi connectivity index (χ1v) is 10.4. The third kappa shape index (κ3) is 5.02. The van der Waals surface area contributed by atoms with Crippen molar-refractivity contribution in [2.75, 3.05) is 12.0 Å². The molecule has 178 valence electrons. The summed E-state index contributed by atoms with van der Waals surface area (Å²) in [6, 6.07) is 12.6. The second kappa shape index (κ2) is 9.74. The Labute approximate surface area is 203 Å². The summed E-state index contributed by atoms with van der Waals surface area (Å²) in [5, 5.41) is 11.5. The third-order valence-corrected chi connectivity index (χ3v) is 5.18. The first-order valence-electron chi connectivity index (χ1n) is 10.1. The van der Waals surface area contributed by atoms with Crippen LogP contribution in [0.5, 0.6) is 11.5 Å². The van der Waals surface area contributed by atoms with Gasteiger partial charge in [0.25, 0.3) is 11.8 Å². The average molecular weight is 497 g/mol. The van der Waals surface area contributed by atoms with Crippen LogP contribution in [0.25, 0.3) is 6.08 Å². The number of carboxylic acid groups (broad SMARTS) is 1. The van der Waals surface area contributed by atoms with E-state index in [-0.39, 0.29) is 23.6 Å². The van der Waals surface area contributed by atoms with Crippen molar-refractivity contribution in [2.45, 2.75) is 6.61 Å². The zero-order valence-corrected chi connectivity index (χ0v) is 18.9. The van der Waals surface area contributed by atoms with E-state index in [9.17, 15) is 19.2 Å². The number of carbonyl (C=O) groups excluding carboxylic acids is 3. The zero-order valence-electron chi connectivity index (χ0n) is 18.1. The highest BCUT2D eigenvalue weighted by Crippen LogP contribution is 2.31. The van der Waals surface area contributed by atoms with Crippen molar-refractivity contribution >= 4 is 47.2 Å². The molecule has 0 bridgehead atoms. The number of hydrogen-bond acceptors (Lipinski definition) is 7. The first kappa shape index (κ1) is 23.6. The van der Waals surface area contributed by atoms with E-state index in [1.165, 1.54) is 55.7 Å². The van der Waals surface area contributed by atoms with Gasteiger partial charge in [0.1, 0.15) is 17.9 Å². The summed E-state index contributed by atoms with van der Waals surface area (Å²) in [4.78, 5) is 49.5. The number of furan rings is 1. The summed E-state index contributed by atoms with van der Waals surface area (Å²) in [5.41, 5.74) is 0.428. The summed E-state index contributed by atoms with van der Waals surface area (Å²) in [7, 11) is 1.41. The average Bonchev–Trinajstić information content (AvgIpc) is 3.31. The van der Waals surface area contributed by atoms with Gasteiger partial charge < -0.3 is 19.0 Å². The number of rotatable bonds is 7. The van der Waals surface area contributed by atoms with Gasteiger partial charge in [0, 0.05) is 5.02 Å². The van der Waals surface area contributed by atoms with Gasteiger partial charge in [-0.15, -0.1) is 0 Å². The molecule has 3 aromatic rings. The monoisotopic (exact) mass is 496 g/mol. The fourth-order valence-corrected chi connectivity index (χ4v) is 3.39. The van der Waals surface area contributed by atoms with Gasteiger partial charge in [-0.25, -0.2) is 14.5 Å². The number of nitrogens with zero attached hydrogens (tertiary/aromatic N) is 1. The number of halogens is 1. The maximum atomic E-state index is 13.0. The lowest BCUT2D eigenvalue weighted by Gasteiger charge is -2.26. The van der Waals surface area contributed by atoms with Crippen molar-refractivity contribution in [3.05, 3.63) is 82.3 Å². The van der Waals surface area contributed by atoms with E-state index in [4.69, 9.17) is 30.6 Å². The van der Waals surface area contributed by atoms with Crippen LogP contribution in [0.15, 0.2) is 64.6 Å². The van der Waals surface area contributed by atoms with Crippen molar-refractivity contribution in [1.82, 2.24) is 5.32 Å². The zero-order chi connectivity index (χ0) is 25.1. The normalized spacial score (nSPS) is 14.7. The van der Waals surface area contributed by atoms with Crippen molar-refractivity contribution in [3.8, 4) is 11.5 Å². The summed E-state index contributed by atoms with van der Waals surface area (Å²) >= 11 is 5.87. The fraction of sp³-hybridized carbons (Fsp3) is 0.0833. The van der Waals surface area contributed by atoms with Crippen LogP contribution in [0.1, 0.15) is 21.9 Å². The van der Waals surface area contributed by atoms with Gasteiger partial charge >= 0.3 is 12.0 Å². The molecular weight excluding hydrogens is 480 g/mol. The van der Waals surface area contributed by atoms with Crippen molar-refractivity contribution < 1.29 is 38.2 Å². The van der Waals surface area contributed by atoms with Crippen LogP contribution in [0.2, 0.25) is 5.02 Å². The molecule has 0 radical (unpaired) electrons. The number of ether oxygens (including phenoxy) is 2. The van der Waals surface area contributed by atoms with E-state index < -0.39 is 23.8 Å². The number of carbonyl (C=O) groups is 4. The summed E-state index contributed by atoms with van der Waals surface area (Å²) in [6.45, 7) is -0.0524. The summed E-state index contributed by atoms with van der Waals surface area (Å²) < 4.78 is 16.1. The molecule has 4 amide bonds. The van der Waals surface area contributed by atoms with Gasteiger partial charge in [0.2, 0.25) is 5.76 Å². The lowest BCUT2D eigenvalue weighted by molar-refractivity contribution is -0.122. The molecule has 2 aromatic carbocycles. The second-order valence-corrected chi connectivity index (χ2v) is 7.64. The van der Waals surface area contributed by atoms with Gasteiger partial charge in [-0.1, -0.05) is 17.7 Å². The minimum atomic E-state index is -1.19. The molecule has 1 saturated heterocycles. The Balaban J connectivity index is 1.57. The Kier molecular flexibility index (Phi) is 6.56. The number of imide groups is 2. The Morgan fingerprint density at radius 1 is 1.09 bits per heavy atom. The minimum Gasteiger partial charge on any atom is -0.493 e. The van der Waals surface area contributed by atoms with Crippen molar-refractivity contribution in [1.29, 1.82) is 0 Å². The number of amides is 4. The Hall–Kier alpha value is -4.57. The van der Waals surface area contributed by atoms with Gasteiger partial charge in [-0.3, -0.25) is 14.9 Å². The van der Waals surface area contributed by atoms with E-state index in [0.29, 0.717) is 27.8 Å². The lowest BCUT2D eigenvalue weighted by Crippen LogP contribution is -2.54. The molecule has 2 heterocycles. The molecule has 4 rings (SSSR count). The number of hydrogen-bond donors (Lipinski definition) is 2. The molecule has 0 spiro atoms. The lowest BCUT2D eigenvalue weighted by atomic mass is 10.1. The molecule has 2 N–H and O–H groups in total. The molecular formula is C24H17ClN2O8. The number of anilines is 1. The highest BCUT2D eigenvalue weighted by atomic mass is 35.5. The van der Waals surface area contributed by atoms with Crippen LogP contribution in [-0.2, 0) is 16.2 Å². The molecule has 10 nitrogen and oxygen atoms in total. The van der Waals surface area contributed by atoms with Crippen LogP contribution < -0.4 is 19.7 Å². The van der Waals surface area contributed by atoms with E-state index in [1.807, 2.05) is 0 Å². The Morgan fingerprint density at radius 3 is 2.49 bits per heavy atom. The molecule has 1 aliphatic rings. The molecule has 35 heavy (non-hydrogen) atoms. The van der Waals surface area contributed by atoms with Crippen LogP contribution >= 0.6 is 11.6 Å². The molecule has 0 unspecified atom stereocenters. The highest BCUT2D eigenvalue weighted by Gasteiger charge is 2.36. The van der Waals surface area contributed by atoms with Crippen LogP contribution in [0.3, 0.4) is 0 Å². The van der Waals surface area contributed by atoms with Crippen LogP contribution in [0.4, 0.5) is 10.5 Å². The number of benzene rings is 2. The molecule has 1 fully saturated rings. The largest absolute Gasteiger partial charge is 0.493 e. The molecule has 0 aliphatic carbocycles. The predicted molar refractivity (Wildman–Crippen MR) is 123 cm³/mol. The molecule has 11 heteroatoms. The third-order valence-electron chi connectivity index (χ3n) is 4.93. The molecule has 1 aromatic heterocycles. The number of aromatic carboxylic acids is 1. The maximum Gasteiger partial charge on any atom is 0.371 e. The predicted octanol–water partition coefficient (Wildman–Crippen LogP) is 3.89. The Bertz CT molecular complexity index is 1360. The maximum absolute atomic E-state index is 13.0. The van der Waals surface area contributed by atoms with Gasteiger partial charge in [-0.05, 0) is 60.2 Å². The van der Waals surface area contributed by atoms with Crippen LogP contribution in [-0.4, -0.2) is 36.0 Å². The number of barbiturate groups is 1. The Morgan fingerprint density at radius 2 is 1.83 bits per heavy atom. The van der Waals surface area contributed by atoms with Gasteiger partial charge in [-0.2, -0.15) is 0 Å². The first-order chi connectivity index (χ1) is 16.8. The smallest absolute Gasteiger partial charge is 0.371 e. The number of urea groups is 1. The number of nitrogens with one attached hydrogen (secondary N) is 1. The van der Waals surface area contributed by atoms with Gasteiger partial charge in [0.15, 0.2) is 11.5 Å². The highest BCUT2D eigenvalue weighted by molar-refractivity contribution is 6.39. The SMILES string of the molecule is COc1cc(C=C2C(=O)NC(=O)N(c3ccc(Cl)cc3)C2=O)ccc1OCc1ccc(C(=O)O)o1. The number of carboxylic acids is 1. The topological polar surface area (TPSA) is 135 Å². The molecule has 0 atom stereocenters. The van der Waals surface area contributed by atoms with Crippen LogP contribution in [0, 0.1) is 0 Å². The molecule has 0 saturated carbocycles. The standard InChI is InChI=1S/C24H17ClN2O8/c1-33-20-11-13(2-8-18(20)34-12-16-7-9-19(35-16)23(30)31)10-17-21(28)26-24(32)27(22(17)29)15-5-3-14(25)4-6-15/h2-11H,12H2,1H3,(H,30,31)(H,26,28,32). The molecule has 1 aliphatic heterocycles. The second-order valence-electron chi connectivity index (χ2n) is 7.20. The van der Waals surface area contributed by atoms with Crippen molar-refractivity contribution in [3.63, 3.8) is 0 Å². The van der Waals surface area contributed by atoms with E-state index in [2.05, 4.69) is 5.32 Å². The van der Waals surface area contributed by atoms with Gasteiger partial charge in [0.05, 0.1) is 12.8 Å². The van der Waals surface area contributed by atoms with Crippen molar-refractivity contribution in [2.24, 2.45) is 0 Å². The quantitative estimate of drug-likeness (QED) is 0.371. The fourth-order valence-electron chi connectivity index (χ4n) is 3.26. The summed E-state index contributed by atoms with van der Waals surface area (Å²) in [5.74, 6) is -2.13. The van der Waals surface area contributed by atoms with E-state index in [1.54, 1.807) is 12.1 Å².